The maximum absolute atomic E-state index is 12.6. The normalized spacial score (nSPS) is 20.4. The number of thioether (sulfide) groups is 1. The summed E-state index contributed by atoms with van der Waals surface area (Å²) < 4.78 is 0. The molecule has 9 nitrogen and oxygen atoms in total. The van der Waals surface area contributed by atoms with Crippen LogP contribution in [0.2, 0.25) is 0 Å². The van der Waals surface area contributed by atoms with Gasteiger partial charge in [-0.2, -0.15) is 10.1 Å². The molecule has 35 heavy (non-hydrogen) atoms. The molecule has 2 aromatic rings. The molecule has 0 spiro atoms. The fourth-order valence-corrected chi connectivity index (χ4v) is 4.95. The van der Waals surface area contributed by atoms with Crippen molar-refractivity contribution in [3.8, 4) is 5.75 Å². The summed E-state index contributed by atoms with van der Waals surface area (Å²) >= 11 is 1.16. The number of carbonyl (C=O) groups excluding carboxylic acids is 2. The number of amides is 2. The summed E-state index contributed by atoms with van der Waals surface area (Å²) in [6.07, 6.45) is 1.32. The quantitative estimate of drug-likeness (QED) is 0.539. The number of aliphatic carboxylic acids is 1. The number of aromatic hydroxyl groups is 1. The number of nitrogens with zero attached hydrogens (tertiary/aromatic N) is 3. The second-order valence-electron chi connectivity index (χ2n) is 8.42. The maximum Gasteiger partial charge on any atom is 0.325 e. The Morgan fingerprint density at radius 2 is 1.86 bits per heavy atom. The van der Waals surface area contributed by atoms with E-state index in [1.54, 1.807) is 29.3 Å². The first kappa shape index (κ1) is 24.5. The van der Waals surface area contributed by atoms with Crippen molar-refractivity contribution in [3.63, 3.8) is 0 Å². The van der Waals surface area contributed by atoms with Crippen LogP contribution >= 0.6 is 11.8 Å². The van der Waals surface area contributed by atoms with Crippen LogP contribution in [0.3, 0.4) is 0 Å². The second-order valence-corrected chi connectivity index (χ2v) is 9.59. The Morgan fingerprint density at radius 3 is 2.49 bits per heavy atom. The fourth-order valence-electron chi connectivity index (χ4n) is 3.89. The van der Waals surface area contributed by atoms with Crippen molar-refractivity contribution >= 4 is 40.4 Å². The first-order chi connectivity index (χ1) is 16.7. The highest BCUT2D eigenvalue weighted by Crippen LogP contribution is 2.38. The predicted octanol–water partition coefficient (Wildman–Crippen LogP) is 3.08. The lowest BCUT2D eigenvalue weighted by atomic mass is 9.97. The number of hydrazone groups is 1. The lowest BCUT2D eigenvalue weighted by molar-refractivity contribution is -0.141. The number of phenols is 1. The van der Waals surface area contributed by atoms with E-state index in [0.717, 1.165) is 35.0 Å². The molecule has 0 saturated carbocycles. The average molecular weight is 495 g/mol. The molecule has 3 N–H and O–H groups in total. The Hall–Kier alpha value is -3.66. The number of carbonyl (C=O) groups is 3. The number of carboxylic acid groups (broad SMARTS) is 1. The van der Waals surface area contributed by atoms with Gasteiger partial charge < -0.3 is 15.5 Å². The van der Waals surface area contributed by atoms with Gasteiger partial charge in [-0.3, -0.25) is 14.4 Å². The van der Waals surface area contributed by atoms with E-state index in [2.05, 4.69) is 29.4 Å². The van der Waals surface area contributed by atoms with Gasteiger partial charge >= 0.3 is 5.97 Å². The van der Waals surface area contributed by atoms with Crippen molar-refractivity contribution in [2.75, 3.05) is 0 Å². The molecular weight excluding hydrogens is 468 g/mol. The van der Waals surface area contributed by atoms with Gasteiger partial charge in [0, 0.05) is 12.8 Å². The van der Waals surface area contributed by atoms with E-state index in [1.165, 1.54) is 12.5 Å². The Bertz CT molecular complexity index is 1190. The summed E-state index contributed by atoms with van der Waals surface area (Å²) in [5.74, 6) is -1.96. The summed E-state index contributed by atoms with van der Waals surface area (Å²) in [5, 5.41) is 27.2. The van der Waals surface area contributed by atoms with Gasteiger partial charge in [0.05, 0.1) is 11.8 Å². The number of phenolic OH excluding ortho intramolecular Hbond substituents is 1. The molecule has 3 atom stereocenters. The van der Waals surface area contributed by atoms with Crippen molar-refractivity contribution in [1.82, 2.24) is 10.3 Å². The molecular formula is C25H26N4O5S. The Balaban J connectivity index is 1.56. The van der Waals surface area contributed by atoms with E-state index in [0.29, 0.717) is 11.6 Å². The third-order valence-corrected chi connectivity index (χ3v) is 7.07. The monoisotopic (exact) mass is 494 g/mol. The van der Waals surface area contributed by atoms with Gasteiger partial charge in [0.1, 0.15) is 17.0 Å². The predicted molar refractivity (Wildman–Crippen MR) is 133 cm³/mol. The highest BCUT2D eigenvalue weighted by atomic mass is 32.2. The number of hydrogen-bond donors (Lipinski definition) is 3. The van der Waals surface area contributed by atoms with Gasteiger partial charge in [-0.05, 0) is 54.3 Å². The number of aryl methyl sites for hydroxylation is 1. The van der Waals surface area contributed by atoms with Crippen LogP contribution in [-0.4, -0.2) is 55.2 Å². The van der Waals surface area contributed by atoms with E-state index in [4.69, 9.17) is 10.2 Å². The molecule has 4 rings (SSSR count). The number of benzene rings is 2. The van der Waals surface area contributed by atoms with Gasteiger partial charge in [0.2, 0.25) is 5.91 Å². The molecule has 2 aliphatic rings. The maximum atomic E-state index is 12.6. The molecule has 2 aliphatic heterocycles. The second kappa shape index (κ2) is 10.3. The van der Waals surface area contributed by atoms with Crippen LogP contribution in [0, 0.1) is 0 Å². The highest BCUT2D eigenvalue weighted by Gasteiger charge is 2.39. The first-order valence-corrected chi connectivity index (χ1v) is 12.2. The Kier molecular flexibility index (Phi) is 7.20. The molecule has 0 unspecified atom stereocenters. The summed E-state index contributed by atoms with van der Waals surface area (Å²) in [5.41, 5.74) is 3.88. The minimum atomic E-state index is -1.15. The standard InChI is InChI=1S/C25H26N4O5S/c1-3-15-4-6-17(7-5-15)20-12-19(16-8-10-18(30)11-9-16)28-29(20)25-27-23(32)21(35-25)13-22(31)26-14(2)24(33)34/h4-11,14,20-21,30H,3,12-13H2,1-2H3,(H,26,31)(H,33,34)/t14-,20-,21-/m0/s1. The SMILES string of the molecule is CCc1ccc([C@@H]2CC(c3ccc(O)cc3)=NN2C2=NC(=O)[C@H](CC(=O)N[C@@H](C)C(=O)O)S2)cc1. The van der Waals surface area contributed by atoms with Crippen LogP contribution in [-0.2, 0) is 20.8 Å². The van der Waals surface area contributed by atoms with Gasteiger partial charge in [-0.15, -0.1) is 0 Å². The largest absolute Gasteiger partial charge is 0.508 e. The van der Waals surface area contributed by atoms with Crippen LogP contribution < -0.4 is 5.32 Å². The van der Waals surface area contributed by atoms with Crippen LogP contribution in [0.1, 0.15) is 49.4 Å². The zero-order valence-corrected chi connectivity index (χ0v) is 20.2. The van der Waals surface area contributed by atoms with Gasteiger partial charge in [-0.25, -0.2) is 5.01 Å². The van der Waals surface area contributed by atoms with Crippen LogP contribution in [0.15, 0.2) is 58.6 Å². The Labute approximate surface area is 206 Å². The zero-order valence-electron chi connectivity index (χ0n) is 19.3. The van der Waals surface area contributed by atoms with E-state index in [9.17, 15) is 19.5 Å². The zero-order chi connectivity index (χ0) is 25.1. The lowest BCUT2D eigenvalue weighted by Gasteiger charge is -2.23. The third-order valence-electron chi connectivity index (χ3n) is 5.93. The molecule has 10 heteroatoms. The number of nitrogens with one attached hydrogen (secondary N) is 1. The van der Waals surface area contributed by atoms with Gasteiger partial charge in [-0.1, -0.05) is 43.0 Å². The number of aliphatic imine (C=N–C) groups is 1. The van der Waals surface area contributed by atoms with Crippen molar-refractivity contribution in [1.29, 1.82) is 0 Å². The van der Waals surface area contributed by atoms with Crippen LogP contribution in [0.25, 0.3) is 0 Å². The molecule has 2 amide bonds. The smallest absolute Gasteiger partial charge is 0.325 e. The fraction of sp³-hybridized carbons (Fsp3) is 0.320. The first-order valence-electron chi connectivity index (χ1n) is 11.3. The lowest BCUT2D eigenvalue weighted by Crippen LogP contribution is -2.39. The average Bonchev–Trinajstić information content (AvgIpc) is 3.43. The van der Waals surface area contributed by atoms with Crippen molar-refractivity contribution in [2.24, 2.45) is 10.1 Å². The van der Waals surface area contributed by atoms with Crippen molar-refractivity contribution in [3.05, 3.63) is 65.2 Å². The number of amidine groups is 1. The summed E-state index contributed by atoms with van der Waals surface area (Å²) in [7, 11) is 0. The summed E-state index contributed by atoms with van der Waals surface area (Å²) in [6, 6.07) is 13.8. The topological polar surface area (TPSA) is 132 Å². The number of carboxylic acids is 1. The molecule has 0 aromatic heterocycles. The molecule has 0 aliphatic carbocycles. The van der Waals surface area contributed by atoms with Crippen LogP contribution in [0.4, 0.5) is 0 Å². The van der Waals surface area contributed by atoms with E-state index in [1.807, 2.05) is 12.1 Å². The van der Waals surface area contributed by atoms with E-state index >= 15 is 0 Å². The number of rotatable bonds is 7. The minimum Gasteiger partial charge on any atom is -0.508 e. The minimum absolute atomic E-state index is 0.163. The number of hydrogen-bond acceptors (Lipinski definition) is 7. The molecule has 0 radical (unpaired) electrons. The van der Waals surface area contributed by atoms with E-state index in [-0.39, 0.29) is 18.2 Å². The third kappa shape index (κ3) is 5.54. The molecule has 2 heterocycles. The molecule has 0 saturated heterocycles. The molecule has 182 valence electrons. The highest BCUT2D eigenvalue weighted by molar-refractivity contribution is 8.15. The molecule has 0 bridgehead atoms. The summed E-state index contributed by atoms with van der Waals surface area (Å²) in [6.45, 7) is 3.45. The van der Waals surface area contributed by atoms with E-state index < -0.39 is 29.1 Å². The Morgan fingerprint density at radius 1 is 1.17 bits per heavy atom. The van der Waals surface area contributed by atoms with Crippen molar-refractivity contribution in [2.45, 2.75) is 50.4 Å². The van der Waals surface area contributed by atoms with Gasteiger partial charge in [0.25, 0.3) is 5.91 Å². The van der Waals surface area contributed by atoms with Crippen LogP contribution in [0.5, 0.6) is 5.75 Å². The molecule has 0 fully saturated rings. The summed E-state index contributed by atoms with van der Waals surface area (Å²) in [4.78, 5) is 40.0. The van der Waals surface area contributed by atoms with Gasteiger partial charge in [0.15, 0.2) is 5.17 Å². The molecule has 2 aromatic carbocycles. The van der Waals surface area contributed by atoms with Crippen molar-refractivity contribution < 1.29 is 24.6 Å².